The van der Waals surface area contributed by atoms with E-state index >= 15 is 0 Å². The van der Waals surface area contributed by atoms with Crippen LogP contribution in [0, 0.1) is 11.3 Å². The summed E-state index contributed by atoms with van der Waals surface area (Å²) in [6.45, 7) is 5.66. The van der Waals surface area contributed by atoms with Crippen molar-refractivity contribution in [3.63, 3.8) is 0 Å². The number of carbonyl (C=O) groups is 1. The Balaban J connectivity index is 1.90. The van der Waals surface area contributed by atoms with Gasteiger partial charge in [-0.3, -0.25) is 4.79 Å². The van der Waals surface area contributed by atoms with E-state index in [1.165, 1.54) is 0 Å². The van der Waals surface area contributed by atoms with Crippen LogP contribution in [0.15, 0.2) is 12.4 Å². The molecule has 1 atom stereocenters. The predicted octanol–water partition coefficient (Wildman–Crippen LogP) is 1.36. The van der Waals surface area contributed by atoms with E-state index < -0.39 is 0 Å². The molecule has 1 aliphatic heterocycles. The second-order valence-corrected chi connectivity index (χ2v) is 5.81. The van der Waals surface area contributed by atoms with Crippen LogP contribution in [0.2, 0.25) is 0 Å². The van der Waals surface area contributed by atoms with Crippen molar-refractivity contribution in [2.45, 2.75) is 46.1 Å². The molecule has 2 rings (SSSR count). The Labute approximate surface area is 120 Å². The van der Waals surface area contributed by atoms with Crippen LogP contribution < -0.4 is 5.32 Å². The molecule has 1 unspecified atom stereocenters. The molecule has 2 N–H and O–H groups in total. The van der Waals surface area contributed by atoms with Crippen LogP contribution in [-0.4, -0.2) is 33.7 Å². The van der Waals surface area contributed by atoms with Crippen molar-refractivity contribution >= 4 is 5.91 Å². The highest BCUT2D eigenvalue weighted by molar-refractivity contribution is 5.79. The summed E-state index contributed by atoms with van der Waals surface area (Å²) in [5.74, 6) is 1.10. The van der Waals surface area contributed by atoms with Crippen molar-refractivity contribution in [2.75, 3.05) is 13.2 Å². The zero-order valence-electron chi connectivity index (χ0n) is 12.4. The zero-order valence-corrected chi connectivity index (χ0v) is 12.4. The molecule has 0 radical (unpaired) electrons. The smallest absolute Gasteiger partial charge is 0.223 e. The topological polar surface area (TPSA) is 67.2 Å². The van der Waals surface area contributed by atoms with Gasteiger partial charge in [0.2, 0.25) is 5.91 Å². The first kappa shape index (κ1) is 15.0. The minimum absolute atomic E-state index is 0.00926. The minimum atomic E-state index is -0.178. The summed E-state index contributed by atoms with van der Waals surface area (Å²) in [5, 5.41) is 12.6. The Morgan fingerprint density at radius 1 is 1.55 bits per heavy atom. The van der Waals surface area contributed by atoms with Gasteiger partial charge in [-0.15, -0.1) is 0 Å². The van der Waals surface area contributed by atoms with Gasteiger partial charge in [-0.05, 0) is 19.3 Å². The largest absolute Gasteiger partial charge is 0.396 e. The first-order chi connectivity index (χ1) is 9.64. The van der Waals surface area contributed by atoms with Gasteiger partial charge in [0, 0.05) is 43.2 Å². The maximum Gasteiger partial charge on any atom is 0.223 e. The molecule has 112 valence electrons. The SMILES string of the molecule is CCC(CC)(CO)CNC(=O)C1CCn2ccnc2C1. The summed E-state index contributed by atoms with van der Waals surface area (Å²) in [6, 6.07) is 0. The second-order valence-electron chi connectivity index (χ2n) is 5.81. The van der Waals surface area contributed by atoms with Gasteiger partial charge in [-0.25, -0.2) is 4.98 Å². The number of aliphatic hydroxyl groups is 1. The van der Waals surface area contributed by atoms with Gasteiger partial charge < -0.3 is 15.0 Å². The lowest BCUT2D eigenvalue weighted by molar-refractivity contribution is -0.126. The van der Waals surface area contributed by atoms with Crippen molar-refractivity contribution in [1.29, 1.82) is 0 Å². The fourth-order valence-corrected chi connectivity index (χ4v) is 2.77. The summed E-state index contributed by atoms with van der Waals surface area (Å²) in [4.78, 5) is 16.6. The molecule has 0 saturated heterocycles. The van der Waals surface area contributed by atoms with Crippen molar-refractivity contribution < 1.29 is 9.90 Å². The Kier molecular flexibility index (Phi) is 4.81. The zero-order chi connectivity index (χ0) is 14.6. The van der Waals surface area contributed by atoms with Crippen molar-refractivity contribution in [3.05, 3.63) is 18.2 Å². The Hall–Kier alpha value is -1.36. The minimum Gasteiger partial charge on any atom is -0.396 e. The maximum atomic E-state index is 12.3. The Morgan fingerprint density at radius 3 is 2.95 bits per heavy atom. The fraction of sp³-hybridized carbons (Fsp3) is 0.733. The molecular weight excluding hydrogens is 254 g/mol. The van der Waals surface area contributed by atoms with Crippen LogP contribution in [0.25, 0.3) is 0 Å². The highest BCUT2D eigenvalue weighted by Gasteiger charge is 2.29. The van der Waals surface area contributed by atoms with Gasteiger partial charge in [0.1, 0.15) is 5.82 Å². The lowest BCUT2D eigenvalue weighted by Gasteiger charge is -2.31. The first-order valence-corrected chi connectivity index (χ1v) is 7.52. The van der Waals surface area contributed by atoms with E-state index in [4.69, 9.17) is 0 Å². The van der Waals surface area contributed by atoms with Crippen LogP contribution in [0.5, 0.6) is 0 Å². The number of fused-ring (bicyclic) bond motifs is 1. The predicted molar refractivity (Wildman–Crippen MR) is 77.1 cm³/mol. The number of nitrogens with one attached hydrogen (secondary N) is 1. The van der Waals surface area contributed by atoms with E-state index in [1.807, 2.05) is 6.20 Å². The van der Waals surface area contributed by atoms with Crippen molar-refractivity contribution in [2.24, 2.45) is 11.3 Å². The number of hydrogen-bond donors (Lipinski definition) is 2. The molecule has 0 bridgehead atoms. The summed E-state index contributed by atoms with van der Waals surface area (Å²) < 4.78 is 2.11. The second kappa shape index (κ2) is 6.39. The lowest BCUT2D eigenvalue weighted by atomic mass is 9.83. The van der Waals surface area contributed by atoms with Crippen LogP contribution in [-0.2, 0) is 17.8 Å². The van der Waals surface area contributed by atoms with Crippen LogP contribution in [0.4, 0.5) is 0 Å². The molecular formula is C15H25N3O2. The van der Waals surface area contributed by atoms with E-state index in [2.05, 4.69) is 28.7 Å². The summed E-state index contributed by atoms with van der Waals surface area (Å²) in [5.41, 5.74) is -0.178. The average Bonchev–Trinajstić information content (AvgIpc) is 2.96. The van der Waals surface area contributed by atoms with Gasteiger partial charge >= 0.3 is 0 Å². The molecule has 0 spiro atoms. The average molecular weight is 279 g/mol. The third-order valence-corrected chi connectivity index (χ3v) is 4.79. The monoisotopic (exact) mass is 279 g/mol. The third-order valence-electron chi connectivity index (χ3n) is 4.79. The summed E-state index contributed by atoms with van der Waals surface area (Å²) >= 11 is 0. The fourth-order valence-electron chi connectivity index (χ4n) is 2.77. The number of nitrogens with zero attached hydrogens (tertiary/aromatic N) is 2. The highest BCUT2D eigenvalue weighted by atomic mass is 16.3. The summed E-state index contributed by atoms with van der Waals surface area (Å²) in [7, 11) is 0. The van der Waals surface area contributed by atoms with E-state index in [-0.39, 0.29) is 23.8 Å². The number of hydrogen-bond acceptors (Lipinski definition) is 3. The maximum absolute atomic E-state index is 12.3. The molecule has 1 aliphatic rings. The van der Waals surface area contributed by atoms with Crippen LogP contribution >= 0.6 is 0 Å². The molecule has 1 aromatic rings. The van der Waals surface area contributed by atoms with E-state index in [1.54, 1.807) is 6.20 Å². The number of carbonyl (C=O) groups excluding carboxylic acids is 1. The normalized spacial score (nSPS) is 18.6. The number of aryl methyl sites for hydroxylation is 1. The molecule has 1 aromatic heterocycles. The van der Waals surface area contributed by atoms with E-state index in [0.29, 0.717) is 13.0 Å². The molecule has 0 aliphatic carbocycles. The van der Waals surface area contributed by atoms with Crippen molar-refractivity contribution in [3.8, 4) is 0 Å². The molecule has 1 amide bonds. The van der Waals surface area contributed by atoms with E-state index in [9.17, 15) is 9.90 Å². The van der Waals surface area contributed by atoms with Gasteiger partial charge in [0.15, 0.2) is 0 Å². The van der Waals surface area contributed by atoms with Gasteiger partial charge in [-0.2, -0.15) is 0 Å². The lowest BCUT2D eigenvalue weighted by Crippen LogP contribution is -2.43. The quantitative estimate of drug-likeness (QED) is 0.826. The van der Waals surface area contributed by atoms with Crippen LogP contribution in [0.3, 0.4) is 0 Å². The van der Waals surface area contributed by atoms with Crippen LogP contribution in [0.1, 0.15) is 38.9 Å². The molecule has 20 heavy (non-hydrogen) atoms. The number of aliphatic hydroxyl groups excluding tert-OH is 1. The van der Waals surface area contributed by atoms with Crippen molar-refractivity contribution in [1.82, 2.24) is 14.9 Å². The third kappa shape index (κ3) is 3.03. The number of amides is 1. The Morgan fingerprint density at radius 2 is 2.30 bits per heavy atom. The van der Waals surface area contributed by atoms with Gasteiger partial charge in [-0.1, -0.05) is 13.8 Å². The standard InChI is InChI=1S/C15H25N3O2/c1-3-15(4-2,11-19)10-17-14(20)12-5-7-18-8-6-16-13(18)9-12/h6,8,12,19H,3-5,7,9-11H2,1-2H3,(H,17,20). The Bertz CT molecular complexity index is 443. The first-order valence-electron chi connectivity index (χ1n) is 7.52. The molecule has 0 saturated carbocycles. The van der Waals surface area contributed by atoms with E-state index in [0.717, 1.165) is 31.6 Å². The highest BCUT2D eigenvalue weighted by Crippen LogP contribution is 2.25. The molecule has 0 aromatic carbocycles. The number of imidazole rings is 1. The molecule has 2 heterocycles. The number of aromatic nitrogens is 2. The van der Waals surface area contributed by atoms with Gasteiger partial charge in [0.25, 0.3) is 0 Å². The molecule has 5 heteroatoms. The molecule has 0 fully saturated rings. The van der Waals surface area contributed by atoms with Gasteiger partial charge in [0.05, 0.1) is 6.61 Å². The molecule has 5 nitrogen and oxygen atoms in total. The number of rotatable bonds is 6. The summed E-state index contributed by atoms with van der Waals surface area (Å²) in [6.07, 6.45) is 7.07.